The summed E-state index contributed by atoms with van der Waals surface area (Å²) in [6, 6.07) is 8.32. The Hall–Kier alpha value is -1.49. The molecule has 0 N–H and O–H groups in total. The highest BCUT2D eigenvalue weighted by molar-refractivity contribution is 8.00. The second-order valence-corrected chi connectivity index (χ2v) is 8.38. The van der Waals surface area contributed by atoms with E-state index in [-0.39, 0.29) is 17.1 Å². The summed E-state index contributed by atoms with van der Waals surface area (Å²) >= 11 is 1.76. The van der Waals surface area contributed by atoms with E-state index in [1.807, 2.05) is 15.9 Å². The van der Waals surface area contributed by atoms with Crippen molar-refractivity contribution in [2.75, 3.05) is 31.9 Å². The number of fused-ring (bicyclic) bond motifs is 1. The van der Waals surface area contributed by atoms with E-state index in [1.165, 1.54) is 11.1 Å². The van der Waals surface area contributed by atoms with Gasteiger partial charge in [-0.2, -0.15) is 0 Å². The van der Waals surface area contributed by atoms with Crippen LogP contribution in [0, 0.1) is 11.8 Å². The molecule has 0 aromatic heterocycles. The van der Waals surface area contributed by atoms with Crippen molar-refractivity contribution in [1.82, 2.24) is 9.80 Å². The van der Waals surface area contributed by atoms with Crippen LogP contribution in [0.1, 0.15) is 29.7 Å². The predicted molar refractivity (Wildman–Crippen MR) is 95.8 cm³/mol. The van der Waals surface area contributed by atoms with Crippen molar-refractivity contribution in [2.45, 2.75) is 25.0 Å². The number of benzene rings is 1. The van der Waals surface area contributed by atoms with Gasteiger partial charge in [0.15, 0.2) is 0 Å². The van der Waals surface area contributed by atoms with Crippen molar-refractivity contribution in [3.63, 3.8) is 0 Å². The highest BCUT2D eigenvalue weighted by atomic mass is 32.2. The zero-order valence-electron chi connectivity index (χ0n) is 14.1. The first-order valence-electron chi connectivity index (χ1n) is 8.92. The molecule has 1 saturated carbocycles. The van der Waals surface area contributed by atoms with E-state index < -0.39 is 0 Å². The first-order chi connectivity index (χ1) is 11.6. The van der Waals surface area contributed by atoms with Gasteiger partial charge in [0.1, 0.15) is 5.25 Å². The summed E-state index contributed by atoms with van der Waals surface area (Å²) in [5.74, 6) is 2.32. The van der Waals surface area contributed by atoms with Crippen molar-refractivity contribution >= 4 is 23.6 Å². The van der Waals surface area contributed by atoms with Crippen LogP contribution in [0.15, 0.2) is 24.3 Å². The molecule has 5 heteroatoms. The second-order valence-electron chi connectivity index (χ2n) is 7.17. The first kappa shape index (κ1) is 16.0. The van der Waals surface area contributed by atoms with E-state index in [2.05, 4.69) is 25.1 Å². The van der Waals surface area contributed by atoms with Gasteiger partial charge >= 0.3 is 0 Å². The van der Waals surface area contributed by atoms with Gasteiger partial charge in [0.05, 0.1) is 0 Å². The van der Waals surface area contributed by atoms with E-state index in [0.29, 0.717) is 38.0 Å². The number of hydrogen-bond acceptors (Lipinski definition) is 3. The zero-order valence-corrected chi connectivity index (χ0v) is 14.9. The number of piperazine rings is 1. The molecule has 1 saturated heterocycles. The number of rotatable bonds is 2. The Morgan fingerprint density at radius 3 is 2.33 bits per heavy atom. The summed E-state index contributed by atoms with van der Waals surface area (Å²) in [4.78, 5) is 29.2. The number of aryl methyl sites for hydroxylation is 1. The average Bonchev–Trinajstić information content (AvgIpc) is 3.37. The van der Waals surface area contributed by atoms with E-state index in [0.717, 1.165) is 18.6 Å². The van der Waals surface area contributed by atoms with Gasteiger partial charge in [-0.1, -0.05) is 31.2 Å². The molecular formula is C19H24N2O2S. The smallest absolute Gasteiger partial charge is 0.240 e. The number of hydrogen-bond donors (Lipinski definition) is 0. The lowest BCUT2D eigenvalue weighted by Crippen LogP contribution is -2.52. The summed E-state index contributed by atoms with van der Waals surface area (Å²) in [6.07, 6.45) is 2.08. The lowest BCUT2D eigenvalue weighted by Gasteiger charge is -2.37. The second kappa shape index (κ2) is 6.43. The van der Waals surface area contributed by atoms with Gasteiger partial charge in [0.25, 0.3) is 0 Å². The maximum atomic E-state index is 13.0. The number of nitrogens with zero attached hydrogens (tertiary/aromatic N) is 2. The highest BCUT2D eigenvalue weighted by Gasteiger charge is 2.42. The fraction of sp³-hybridized carbons (Fsp3) is 0.579. The van der Waals surface area contributed by atoms with Crippen LogP contribution >= 0.6 is 11.8 Å². The van der Waals surface area contributed by atoms with Crippen LogP contribution in [0.25, 0.3) is 0 Å². The van der Waals surface area contributed by atoms with Gasteiger partial charge in [0, 0.05) is 32.1 Å². The summed E-state index contributed by atoms with van der Waals surface area (Å²) in [5.41, 5.74) is 2.50. The summed E-state index contributed by atoms with van der Waals surface area (Å²) in [5, 5.41) is -0.0688. The minimum Gasteiger partial charge on any atom is -0.339 e. The normalized spacial score (nSPS) is 29.1. The van der Waals surface area contributed by atoms with Gasteiger partial charge in [-0.3, -0.25) is 9.59 Å². The Morgan fingerprint density at radius 2 is 1.67 bits per heavy atom. The largest absolute Gasteiger partial charge is 0.339 e. The topological polar surface area (TPSA) is 40.6 Å². The third-order valence-corrected chi connectivity index (χ3v) is 6.78. The Kier molecular flexibility index (Phi) is 4.29. The molecule has 0 radical (unpaired) electrons. The molecule has 2 heterocycles. The Bertz CT molecular complexity index is 655. The summed E-state index contributed by atoms with van der Waals surface area (Å²) in [6.45, 7) is 4.86. The van der Waals surface area contributed by atoms with E-state index in [1.54, 1.807) is 11.8 Å². The average molecular weight is 344 g/mol. The lowest BCUT2D eigenvalue weighted by atomic mass is 10.0. The van der Waals surface area contributed by atoms with Crippen LogP contribution in [-0.2, 0) is 16.0 Å². The zero-order chi connectivity index (χ0) is 16.7. The lowest BCUT2D eigenvalue weighted by molar-refractivity contribution is -0.140. The van der Waals surface area contributed by atoms with Crippen LogP contribution in [-0.4, -0.2) is 53.5 Å². The molecule has 0 bridgehead atoms. The number of carbonyl (C=O) groups excluding carboxylic acids is 2. The molecule has 1 aromatic carbocycles. The Morgan fingerprint density at radius 1 is 1.04 bits per heavy atom. The highest BCUT2D eigenvalue weighted by Crippen LogP contribution is 2.40. The fourth-order valence-corrected chi connectivity index (χ4v) is 5.09. The molecule has 128 valence electrons. The van der Waals surface area contributed by atoms with E-state index in [9.17, 15) is 9.59 Å². The van der Waals surface area contributed by atoms with Crippen molar-refractivity contribution in [1.29, 1.82) is 0 Å². The quantitative estimate of drug-likeness (QED) is 0.827. The minimum absolute atomic E-state index is 0.0688. The van der Waals surface area contributed by atoms with Gasteiger partial charge < -0.3 is 9.80 Å². The summed E-state index contributed by atoms with van der Waals surface area (Å²) in [7, 11) is 0. The van der Waals surface area contributed by atoms with Crippen LogP contribution in [0.4, 0.5) is 0 Å². The molecule has 2 aliphatic heterocycles. The summed E-state index contributed by atoms with van der Waals surface area (Å²) < 4.78 is 0. The molecule has 3 atom stereocenters. The maximum Gasteiger partial charge on any atom is 0.240 e. The van der Waals surface area contributed by atoms with Crippen LogP contribution in [0.3, 0.4) is 0 Å². The Labute approximate surface area is 147 Å². The van der Waals surface area contributed by atoms with Crippen molar-refractivity contribution in [3.05, 3.63) is 35.4 Å². The SMILES string of the molecule is C[C@@H]1C[C@H]1C(=O)N1CCN(C(=O)[C@H]2SCCc3ccccc32)CC1. The van der Waals surface area contributed by atoms with Crippen LogP contribution < -0.4 is 0 Å². The molecule has 0 spiro atoms. The fourth-order valence-electron chi connectivity index (χ4n) is 3.81. The molecular weight excluding hydrogens is 320 g/mol. The minimum atomic E-state index is -0.0688. The number of amides is 2. The van der Waals surface area contributed by atoms with Gasteiger partial charge in [-0.25, -0.2) is 0 Å². The van der Waals surface area contributed by atoms with Crippen molar-refractivity contribution < 1.29 is 9.59 Å². The molecule has 4 rings (SSSR count). The van der Waals surface area contributed by atoms with Gasteiger partial charge in [-0.05, 0) is 35.6 Å². The molecule has 1 aromatic rings. The molecule has 3 aliphatic rings. The van der Waals surface area contributed by atoms with Crippen LogP contribution in [0.5, 0.6) is 0 Å². The number of carbonyl (C=O) groups is 2. The van der Waals surface area contributed by atoms with E-state index >= 15 is 0 Å². The third-order valence-electron chi connectivity index (χ3n) is 5.55. The first-order valence-corrected chi connectivity index (χ1v) is 9.97. The molecule has 24 heavy (non-hydrogen) atoms. The molecule has 2 amide bonds. The molecule has 0 unspecified atom stereocenters. The van der Waals surface area contributed by atoms with Crippen molar-refractivity contribution in [2.24, 2.45) is 11.8 Å². The number of thioether (sulfide) groups is 1. The standard InChI is InChI=1S/C19H24N2O2S/c1-13-12-16(13)18(22)20-7-9-21(10-8-20)19(23)17-15-5-3-2-4-14(15)6-11-24-17/h2-5,13,16-17H,6-12H2,1H3/t13-,16-,17+/m1/s1. The van der Waals surface area contributed by atoms with Gasteiger partial charge in [0.2, 0.25) is 11.8 Å². The van der Waals surface area contributed by atoms with Crippen LogP contribution in [0.2, 0.25) is 0 Å². The van der Waals surface area contributed by atoms with E-state index in [4.69, 9.17) is 0 Å². The molecule has 1 aliphatic carbocycles. The Balaban J connectivity index is 1.39. The third kappa shape index (κ3) is 2.94. The monoisotopic (exact) mass is 344 g/mol. The maximum absolute atomic E-state index is 13.0. The van der Waals surface area contributed by atoms with Gasteiger partial charge in [-0.15, -0.1) is 11.8 Å². The molecule has 2 fully saturated rings. The van der Waals surface area contributed by atoms with Crippen molar-refractivity contribution in [3.8, 4) is 0 Å². The molecule has 4 nitrogen and oxygen atoms in total. The predicted octanol–water partition coefficient (Wildman–Crippen LogP) is 2.34.